The van der Waals surface area contributed by atoms with Gasteiger partial charge >= 0.3 is 0 Å². The maximum absolute atomic E-state index is 13.0. The SMILES string of the molecule is COCC1(CNC(=O)c2ccc(F)cc2Br)CCCN1. The number of rotatable bonds is 5. The molecule has 1 aliphatic heterocycles. The van der Waals surface area contributed by atoms with Crippen molar-refractivity contribution in [3.8, 4) is 0 Å². The first-order valence-electron chi connectivity index (χ1n) is 6.53. The van der Waals surface area contributed by atoms with Crippen molar-refractivity contribution in [2.24, 2.45) is 0 Å². The average molecular weight is 345 g/mol. The molecule has 1 aromatic carbocycles. The van der Waals surface area contributed by atoms with Crippen LogP contribution in [-0.2, 0) is 4.74 Å². The molecule has 1 aliphatic rings. The summed E-state index contributed by atoms with van der Waals surface area (Å²) in [4.78, 5) is 12.1. The second-order valence-electron chi connectivity index (χ2n) is 5.05. The number of methoxy groups -OCH3 is 1. The van der Waals surface area contributed by atoms with E-state index in [9.17, 15) is 9.18 Å². The van der Waals surface area contributed by atoms with Gasteiger partial charge in [-0.15, -0.1) is 0 Å². The quantitative estimate of drug-likeness (QED) is 0.859. The van der Waals surface area contributed by atoms with Gasteiger partial charge in [-0.05, 0) is 53.5 Å². The van der Waals surface area contributed by atoms with E-state index in [2.05, 4.69) is 26.6 Å². The molecule has 6 heteroatoms. The van der Waals surface area contributed by atoms with E-state index in [1.165, 1.54) is 18.2 Å². The van der Waals surface area contributed by atoms with E-state index in [4.69, 9.17) is 4.74 Å². The van der Waals surface area contributed by atoms with Crippen LogP contribution in [0.25, 0.3) is 0 Å². The first-order chi connectivity index (χ1) is 9.56. The molecule has 1 heterocycles. The van der Waals surface area contributed by atoms with E-state index < -0.39 is 0 Å². The van der Waals surface area contributed by atoms with Gasteiger partial charge in [-0.1, -0.05) is 0 Å². The molecule has 0 aliphatic carbocycles. The molecule has 4 nitrogen and oxygen atoms in total. The molecule has 0 saturated carbocycles. The molecule has 1 saturated heterocycles. The van der Waals surface area contributed by atoms with Crippen LogP contribution in [0.3, 0.4) is 0 Å². The Morgan fingerprint density at radius 2 is 2.40 bits per heavy atom. The van der Waals surface area contributed by atoms with Crippen LogP contribution in [-0.4, -0.2) is 38.3 Å². The van der Waals surface area contributed by atoms with Gasteiger partial charge in [0.1, 0.15) is 5.82 Å². The Morgan fingerprint density at radius 1 is 1.60 bits per heavy atom. The third kappa shape index (κ3) is 3.56. The van der Waals surface area contributed by atoms with Gasteiger partial charge in [0, 0.05) is 18.1 Å². The van der Waals surface area contributed by atoms with E-state index in [0.717, 1.165) is 19.4 Å². The van der Waals surface area contributed by atoms with Gasteiger partial charge in [-0.2, -0.15) is 0 Å². The monoisotopic (exact) mass is 344 g/mol. The summed E-state index contributed by atoms with van der Waals surface area (Å²) in [6.45, 7) is 1.97. The Morgan fingerprint density at radius 3 is 3.00 bits per heavy atom. The molecule has 0 bridgehead atoms. The maximum atomic E-state index is 13.0. The van der Waals surface area contributed by atoms with Crippen molar-refractivity contribution in [3.63, 3.8) is 0 Å². The Hall–Kier alpha value is -0.980. The van der Waals surface area contributed by atoms with Gasteiger partial charge in [-0.3, -0.25) is 4.79 Å². The first-order valence-corrected chi connectivity index (χ1v) is 7.33. The van der Waals surface area contributed by atoms with E-state index in [-0.39, 0.29) is 17.3 Å². The fourth-order valence-corrected chi connectivity index (χ4v) is 3.02. The van der Waals surface area contributed by atoms with E-state index >= 15 is 0 Å². The molecule has 0 aromatic heterocycles. The fraction of sp³-hybridized carbons (Fsp3) is 0.500. The molecule has 1 unspecified atom stereocenters. The highest BCUT2D eigenvalue weighted by Crippen LogP contribution is 2.20. The van der Waals surface area contributed by atoms with Crippen LogP contribution in [0, 0.1) is 5.82 Å². The molecular weight excluding hydrogens is 327 g/mol. The zero-order valence-corrected chi connectivity index (χ0v) is 12.9. The van der Waals surface area contributed by atoms with Gasteiger partial charge in [-0.25, -0.2) is 4.39 Å². The number of carbonyl (C=O) groups excluding carboxylic acids is 1. The van der Waals surface area contributed by atoms with Crippen molar-refractivity contribution in [1.82, 2.24) is 10.6 Å². The second kappa shape index (κ2) is 6.65. The van der Waals surface area contributed by atoms with Crippen LogP contribution >= 0.6 is 15.9 Å². The predicted molar refractivity (Wildman–Crippen MR) is 78.3 cm³/mol. The topological polar surface area (TPSA) is 50.4 Å². The summed E-state index contributed by atoms with van der Waals surface area (Å²) in [5.41, 5.74) is 0.230. The summed E-state index contributed by atoms with van der Waals surface area (Å²) < 4.78 is 18.7. The number of halogens is 2. The molecule has 0 radical (unpaired) electrons. The molecule has 110 valence electrons. The molecule has 20 heavy (non-hydrogen) atoms. The van der Waals surface area contributed by atoms with E-state index in [0.29, 0.717) is 23.2 Å². The number of nitrogens with one attached hydrogen (secondary N) is 2. The van der Waals surface area contributed by atoms with Crippen molar-refractivity contribution in [2.45, 2.75) is 18.4 Å². The number of benzene rings is 1. The van der Waals surface area contributed by atoms with Gasteiger partial charge in [0.05, 0.1) is 17.7 Å². The lowest BCUT2D eigenvalue weighted by Crippen LogP contribution is -2.53. The van der Waals surface area contributed by atoms with Gasteiger partial charge in [0.2, 0.25) is 0 Å². The zero-order valence-electron chi connectivity index (χ0n) is 11.3. The van der Waals surface area contributed by atoms with Crippen molar-refractivity contribution in [3.05, 3.63) is 34.1 Å². The Balaban J connectivity index is 2.00. The number of ether oxygens (including phenoxy) is 1. The van der Waals surface area contributed by atoms with Crippen LogP contribution in [0.4, 0.5) is 4.39 Å². The third-order valence-electron chi connectivity index (χ3n) is 3.52. The lowest BCUT2D eigenvalue weighted by atomic mass is 9.98. The highest BCUT2D eigenvalue weighted by atomic mass is 79.9. The van der Waals surface area contributed by atoms with Crippen molar-refractivity contribution in [2.75, 3.05) is 26.8 Å². The third-order valence-corrected chi connectivity index (χ3v) is 4.17. The number of hydrogen-bond acceptors (Lipinski definition) is 3. The van der Waals surface area contributed by atoms with E-state index in [1.807, 2.05) is 0 Å². The molecule has 1 atom stereocenters. The average Bonchev–Trinajstić information content (AvgIpc) is 2.85. The highest BCUT2D eigenvalue weighted by molar-refractivity contribution is 9.10. The standard InChI is InChI=1S/C14H18BrFN2O2/c1-20-9-14(5-2-6-18-14)8-17-13(19)11-4-3-10(16)7-12(11)15/h3-4,7,18H,2,5-6,8-9H2,1H3,(H,17,19). The van der Waals surface area contributed by atoms with Crippen LogP contribution in [0.1, 0.15) is 23.2 Å². The summed E-state index contributed by atoms with van der Waals surface area (Å²) in [7, 11) is 1.65. The van der Waals surface area contributed by atoms with Crippen LogP contribution in [0.5, 0.6) is 0 Å². The van der Waals surface area contributed by atoms with Crippen molar-refractivity contribution >= 4 is 21.8 Å². The summed E-state index contributed by atoms with van der Waals surface area (Å²) >= 11 is 3.20. The predicted octanol–water partition coefficient (Wildman–Crippen LogP) is 2.09. The van der Waals surface area contributed by atoms with Gasteiger partial charge < -0.3 is 15.4 Å². The van der Waals surface area contributed by atoms with Crippen molar-refractivity contribution in [1.29, 1.82) is 0 Å². The van der Waals surface area contributed by atoms with Crippen LogP contribution in [0.2, 0.25) is 0 Å². The largest absolute Gasteiger partial charge is 0.383 e. The smallest absolute Gasteiger partial charge is 0.252 e. The minimum absolute atomic E-state index is 0.198. The van der Waals surface area contributed by atoms with Crippen LogP contribution in [0.15, 0.2) is 22.7 Å². The number of amides is 1. The lowest BCUT2D eigenvalue weighted by Gasteiger charge is -2.29. The second-order valence-corrected chi connectivity index (χ2v) is 5.90. The van der Waals surface area contributed by atoms with Crippen molar-refractivity contribution < 1.29 is 13.9 Å². The minimum Gasteiger partial charge on any atom is -0.383 e. The summed E-state index contributed by atoms with van der Waals surface area (Å²) in [5.74, 6) is -0.595. The summed E-state index contributed by atoms with van der Waals surface area (Å²) in [6, 6.07) is 4.03. The number of hydrogen-bond donors (Lipinski definition) is 2. The Labute approximate surface area is 126 Å². The Kier molecular flexibility index (Phi) is 5.12. The molecular formula is C14H18BrFN2O2. The molecule has 1 aromatic rings. The summed E-state index contributed by atoms with van der Waals surface area (Å²) in [6.07, 6.45) is 2.03. The molecule has 1 amide bonds. The highest BCUT2D eigenvalue weighted by Gasteiger charge is 2.33. The summed E-state index contributed by atoms with van der Waals surface area (Å²) in [5, 5.41) is 6.28. The molecule has 0 spiro atoms. The van der Waals surface area contributed by atoms with Gasteiger partial charge in [0.25, 0.3) is 5.91 Å². The zero-order chi connectivity index (χ0) is 14.6. The molecule has 1 fully saturated rings. The fourth-order valence-electron chi connectivity index (χ4n) is 2.49. The normalized spacial score (nSPS) is 21.9. The van der Waals surface area contributed by atoms with Gasteiger partial charge in [0.15, 0.2) is 0 Å². The van der Waals surface area contributed by atoms with Crippen LogP contribution < -0.4 is 10.6 Å². The molecule has 2 rings (SSSR count). The Bertz CT molecular complexity index is 490. The molecule has 2 N–H and O–H groups in total. The maximum Gasteiger partial charge on any atom is 0.252 e. The minimum atomic E-state index is -0.373. The lowest BCUT2D eigenvalue weighted by molar-refractivity contribution is 0.0891. The number of carbonyl (C=O) groups is 1. The van der Waals surface area contributed by atoms with E-state index in [1.54, 1.807) is 7.11 Å². The first kappa shape index (κ1) is 15.4.